The SMILES string of the molecule is Cn1ccnc1-c1ccc2n(c1=O)C[C@H]1C[C@@H]2CN(C2CNC2)C1. The Hall–Kier alpha value is -1.92. The lowest BCUT2D eigenvalue weighted by atomic mass is 9.82. The molecule has 0 spiro atoms. The van der Waals surface area contributed by atoms with Crippen molar-refractivity contribution in [1.29, 1.82) is 0 Å². The van der Waals surface area contributed by atoms with Crippen LogP contribution in [0, 0.1) is 5.92 Å². The quantitative estimate of drug-likeness (QED) is 0.880. The van der Waals surface area contributed by atoms with E-state index in [1.54, 1.807) is 6.20 Å². The molecule has 0 aliphatic carbocycles. The Bertz CT molecular complexity index is 834. The maximum absolute atomic E-state index is 13.1. The number of hydrogen-bond acceptors (Lipinski definition) is 4. The molecule has 5 rings (SSSR count). The highest BCUT2D eigenvalue weighted by atomic mass is 16.1. The number of nitrogens with zero attached hydrogens (tertiary/aromatic N) is 4. The van der Waals surface area contributed by atoms with Gasteiger partial charge in [-0.05, 0) is 24.5 Å². The summed E-state index contributed by atoms with van der Waals surface area (Å²) in [6.45, 7) is 5.29. The first-order valence-electron chi connectivity index (χ1n) is 8.87. The van der Waals surface area contributed by atoms with Crippen molar-refractivity contribution in [2.24, 2.45) is 13.0 Å². The lowest BCUT2D eigenvalue weighted by Gasteiger charge is -2.48. The summed E-state index contributed by atoms with van der Waals surface area (Å²) in [7, 11) is 1.94. The number of aryl methyl sites for hydroxylation is 1. The van der Waals surface area contributed by atoms with Gasteiger partial charge in [-0.1, -0.05) is 0 Å². The lowest BCUT2D eigenvalue weighted by Crippen LogP contribution is -2.61. The van der Waals surface area contributed by atoms with Crippen LogP contribution >= 0.6 is 0 Å². The van der Waals surface area contributed by atoms with Crippen LogP contribution < -0.4 is 10.9 Å². The molecule has 2 saturated heterocycles. The number of imidazole rings is 1. The smallest absolute Gasteiger partial charge is 0.261 e. The standard InChI is InChI=1S/C18H23N5O/c1-21-5-4-20-17(21)15-2-3-16-13-6-12(10-23(16)18(15)24)9-22(11-13)14-7-19-8-14/h2-5,12-14,19H,6-11H2,1H3/t12-,13+/m0/s1. The zero-order valence-electron chi connectivity index (χ0n) is 14.0. The summed E-state index contributed by atoms with van der Waals surface area (Å²) in [5.74, 6) is 1.83. The van der Waals surface area contributed by atoms with Crippen LogP contribution in [-0.4, -0.2) is 51.2 Å². The zero-order valence-corrected chi connectivity index (χ0v) is 14.0. The Kier molecular flexibility index (Phi) is 3.18. The Labute approximate surface area is 141 Å². The predicted octanol–water partition coefficient (Wildman–Crippen LogP) is 0.640. The third kappa shape index (κ3) is 2.09. The van der Waals surface area contributed by atoms with Crippen LogP contribution in [0.25, 0.3) is 11.4 Å². The van der Waals surface area contributed by atoms with Gasteiger partial charge in [-0.15, -0.1) is 0 Å². The number of aromatic nitrogens is 3. The summed E-state index contributed by atoms with van der Waals surface area (Å²) in [4.78, 5) is 20.1. The van der Waals surface area contributed by atoms with Gasteiger partial charge >= 0.3 is 0 Å². The molecule has 1 N–H and O–H groups in total. The summed E-state index contributed by atoms with van der Waals surface area (Å²) >= 11 is 0. The number of likely N-dealkylation sites (tertiary alicyclic amines) is 1. The minimum atomic E-state index is 0.121. The minimum Gasteiger partial charge on any atom is -0.334 e. The van der Waals surface area contributed by atoms with Gasteiger partial charge in [0.1, 0.15) is 5.82 Å². The molecule has 0 aromatic carbocycles. The number of fused-ring (bicyclic) bond motifs is 4. The second kappa shape index (κ2) is 5.29. The van der Waals surface area contributed by atoms with Gasteiger partial charge in [-0.2, -0.15) is 0 Å². The maximum atomic E-state index is 13.1. The zero-order chi connectivity index (χ0) is 16.3. The van der Waals surface area contributed by atoms with Crippen LogP contribution in [0.5, 0.6) is 0 Å². The van der Waals surface area contributed by atoms with Crippen molar-refractivity contribution < 1.29 is 0 Å². The molecule has 6 nitrogen and oxygen atoms in total. The number of pyridine rings is 1. The molecule has 126 valence electrons. The van der Waals surface area contributed by atoms with Crippen LogP contribution in [-0.2, 0) is 13.6 Å². The predicted molar refractivity (Wildman–Crippen MR) is 92.0 cm³/mol. The molecular weight excluding hydrogens is 302 g/mol. The van der Waals surface area contributed by atoms with Gasteiger partial charge in [-0.3, -0.25) is 9.69 Å². The first-order chi connectivity index (χ1) is 11.7. The first kappa shape index (κ1) is 14.4. The molecule has 0 saturated carbocycles. The molecule has 3 aliphatic rings. The molecule has 24 heavy (non-hydrogen) atoms. The molecule has 5 heterocycles. The van der Waals surface area contributed by atoms with Gasteiger partial charge in [0.15, 0.2) is 0 Å². The van der Waals surface area contributed by atoms with Crippen molar-refractivity contribution in [2.45, 2.75) is 24.9 Å². The van der Waals surface area contributed by atoms with Crippen molar-refractivity contribution in [3.05, 3.63) is 40.6 Å². The van der Waals surface area contributed by atoms with E-state index in [-0.39, 0.29) is 5.56 Å². The van der Waals surface area contributed by atoms with Gasteiger partial charge < -0.3 is 14.5 Å². The molecule has 6 heteroatoms. The van der Waals surface area contributed by atoms with Crippen molar-refractivity contribution in [1.82, 2.24) is 24.3 Å². The number of hydrogen-bond donors (Lipinski definition) is 1. The van der Waals surface area contributed by atoms with E-state index in [4.69, 9.17) is 0 Å². The van der Waals surface area contributed by atoms with Crippen LogP contribution in [0.3, 0.4) is 0 Å². The fourth-order valence-electron chi connectivity index (χ4n) is 4.61. The molecule has 0 unspecified atom stereocenters. The second-order valence-corrected chi connectivity index (χ2v) is 7.51. The van der Waals surface area contributed by atoms with Gasteiger partial charge in [0.25, 0.3) is 5.56 Å². The van der Waals surface area contributed by atoms with Crippen LogP contribution in [0.2, 0.25) is 0 Å². The monoisotopic (exact) mass is 325 g/mol. The summed E-state index contributed by atoms with van der Waals surface area (Å²) in [5.41, 5.74) is 2.05. The highest BCUT2D eigenvalue weighted by Gasteiger charge is 2.38. The summed E-state index contributed by atoms with van der Waals surface area (Å²) in [6, 6.07) is 4.83. The second-order valence-electron chi connectivity index (χ2n) is 7.51. The van der Waals surface area contributed by atoms with Gasteiger partial charge in [0.05, 0.1) is 5.56 Å². The fourth-order valence-corrected chi connectivity index (χ4v) is 4.61. The third-order valence-corrected chi connectivity index (χ3v) is 5.97. The average molecular weight is 325 g/mol. The number of rotatable bonds is 2. The lowest BCUT2D eigenvalue weighted by molar-refractivity contribution is 0.0587. The van der Waals surface area contributed by atoms with Crippen molar-refractivity contribution in [3.8, 4) is 11.4 Å². The van der Waals surface area contributed by atoms with E-state index in [2.05, 4.69) is 21.3 Å². The van der Waals surface area contributed by atoms with Gasteiger partial charge in [0.2, 0.25) is 0 Å². The molecule has 0 amide bonds. The summed E-state index contributed by atoms with van der Waals surface area (Å²) in [5, 5.41) is 3.37. The van der Waals surface area contributed by atoms with Crippen LogP contribution in [0.1, 0.15) is 18.0 Å². The molecule has 3 aliphatic heterocycles. The largest absolute Gasteiger partial charge is 0.334 e. The van der Waals surface area contributed by atoms with Crippen molar-refractivity contribution in [2.75, 3.05) is 26.2 Å². The Morgan fingerprint density at radius 3 is 2.79 bits per heavy atom. The molecule has 0 radical (unpaired) electrons. The van der Waals surface area contributed by atoms with Gasteiger partial charge in [0, 0.05) is 69.8 Å². The van der Waals surface area contributed by atoms with E-state index in [9.17, 15) is 4.79 Å². The van der Waals surface area contributed by atoms with Gasteiger partial charge in [-0.25, -0.2) is 4.98 Å². The average Bonchev–Trinajstić information content (AvgIpc) is 2.93. The first-order valence-corrected chi connectivity index (χ1v) is 8.87. The van der Waals surface area contributed by atoms with E-state index >= 15 is 0 Å². The molecule has 2 bridgehead atoms. The Morgan fingerprint density at radius 1 is 1.21 bits per heavy atom. The maximum Gasteiger partial charge on any atom is 0.261 e. The van der Waals surface area contributed by atoms with Crippen molar-refractivity contribution >= 4 is 0 Å². The van der Waals surface area contributed by atoms with E-state index in [1.807, 2.05) is 28.4 Å². The van der Waals surface area contributed by atoms with Crippen LogP contribution in [0.15, 0.2) is 29.3 Å². The number of piperidine rings is 1. The molecular formula is C18H23N5O. The van der Waals surface area contributed by atoms with Crippen LogP contribution in [0.4, 0.5) is 0 Å². The highest BCUT2D eigenvalue weighted by molar-refractivity contribution is 5.54. The van der Waals surface area contributed by atoms with E-state index in [0.717, 1.165) is 38.5 Å². The normalized spacial score (nSPS) is 26.9. The fraction of sp³-hybridized carbons (Fsp3) is 0.556. The van der Waals surface area contributed by atoms with Crippen molar-refractivity contribution in [3.63, 3.8) is 0 Å². The van der Waals surface area contributed by atoms with E-state index < -0.39 is 0 Å². The Balaban J connectivity index is 1.53. The minimum absolute atomic E-state index is 0.121. The molecule has 2 aromatic rings. The molecule has 2 aromatic heterocycles. The third-order valence-electron chi connectivity index (χ3n) is 5.97. The molecule has 2 fully saturated rings. The number of nitrogens with one attached hydrogen (secondary N) is 1. The highest BCUT2D eigenvalue weighted by Crippen LogP contribution is 2.36. The summed E-state index contributed by atoms with van der Waals surface area (Å²) < 4.78 is 3.94. The van der Waals surface area contributed by atoms with E-state index in [1.165, 1.54) is 12.1 Å². The Morgan fingerprint density at radius 2 is 2.08 bits per heavy atom. The molecule has 2 atom stereocenters. The topological polar surface area (TPSA) is 55.1 Å². The van der Waals surface area contributed by atoms with E-state index in [0.29, 0.717) is 23.4 Å². The summed E-state index contributed by atoms with van der Waals surface area (Å²) in [6.07, 6.45) is 4.86.